The number of nitrogens with zero attached hydrogens (tertiary/aromatic N) is 1. The van der Waals surface area contributed by atoms with Crippen molar-refractivity contribution in [1.29, 1.82) is 0 Å². The zero-order valence-electron chi connectivity index (χ0n) is 18.1. The third-order valence-electron chi connectivity index (χ3n) is 5.62. The van der Waals surface area contributed by atoms with Crippen LogP contribution in [0.3, 0.4) is 0 Å². The number of rotatable bonds is 8. The van der Waals surface area contributed by atoms with E-state index >= 15 is 0 Å². The molecule has 2 unspecified atom stereocenters. The van der Waals surface area contributed by atoms with Gasteiger partial charge in [0, 0.05) is 12.3 Å². The Kier molecular flexibility index (Phi) is 7.49. The van der Waals surface area contributed by atoms with E-state index in [1.165, 1.54) is 16.1 Å². The molecule has 3 N–H and O–H groups in total. The van der Waals surface area contributed by atoms with Crippen molar-refractivity contribution < 1.29 is 13.2 Å². The van der Waals surface area contributed by atoms with Crippen molar-refractivity contribution in [3.05, 3.63) is 90.5 Å². The van der Waals surface area contributed by atoms with E-state index in [2.05, 4.69) is 5.32 Å². The van der Waals surface area contributed by atoms with Crippen LogP contribution < -0.4 is 11.1 Å². The van der Waals surface area contributed by atoms with Gasteiger partial charge in [0.25, 0.3) is 0 Å². The van der Waals surface area contributed by atoms with Crippen LogP contribution in [0.5, 0.6) is 0 Å². The number of nitrogens with one attached hydrogen (secondary N) is 1. The predicted octanol–water partition coefficient (Wildman–Crippen LogP) is 3.62. The van der Waals surface area contributed by atoms with Crippen LogP contribution in [0.1, 0.15) is 18.0 Å². The highest BCUT2D eigenvalue weighted by atomic mass is 32.2. The van der Waals surface area contributed by atoms with Crippen molar-refractivity contribution in [2.75, 3.05) is 18.8 Å². The maximum Gasteiger partial charge on any atom is 0.249 e. The third-order valence-corrected chi connectivity index (χ3v) is 8.83. The Labute approximate surface area is 199 Å². The van der Waals surface area contributed by atoms with Gasteiger partial charge in [-0.2, -0.15) is 4.31 Å². The summed E-state index contributed by atoms with van der Waals surface area (Å²) in [4.78, 5) is 13.3. The van der Waals surface area contributed by atoms with Gasteiger partial charge in [-0.25, -0.2) is 8.42 Å². The van der Waals surface area contributed by atoms with Crippen LogP contribution in [0, 0.1) is 0 Å². The number of carbonyl (C=O) groups excluding carboxylic acids is 1. The normalized spacial score (nSPS) is 17.5. The van der Waals surface area contributed by atoms with Crippen LogP contribution in [0.15, 0.2) is 89.8 Å². The predicted molar refractivity (Wildman–Crippen MR) is 133 cm³/mol. The largest absolute Gasteiger partial charge is 0.347 e. The first-order chi connectivity index (χ1) is 16.0. The Bertz CT molecular complexity index is 1170. The number of sulfonamides is 1. The van der Waals surface area contributed by atoms with Gasteiger partial charge in [-0.1, -0.05) is 72.8 Å². The van der Waals surface area contributed by atoms with Crippen molar-refractivity contribution in [3.63, 3.8) is 0 Å². The molecule has 2 atom stereocenters. The number of thioether (sulfide) groups is 1. The van der Waals surface area contributed by atoms with Gasteiger partial charge in [-0.05, 0) is 41.8 Å². The molecule has 8 heteroatoms. The number of nitrogens with two attached hydrogens (primary N) is 1. The summed E-state index contributed by atoms with van der Waals surface area (Å²) in [6.07, 6.45) is 0.570. The summed E-state index contributed by atoms with van der Waals surface area (Å²) in [6, 6.07) is 25.9. The molecule has 1 fully saturated rings. The second-order valence-electron chi connectivity index (χ2n) is 7.78. The van der Waals surface area contributed by atoms with Crippen LogP contribution in [-0.4, -0.2) is 42.8 Å². The Morgan fingerprint density at radius 1 is 0.970 bits per heavy atom. The monoisotopic (exact) mass is 481 g/mol. The lowest BCUT2D eigenvalue weighted by atomic mass is 10.0. The highest BCUT2D eigenvalue weighted by Crippen LogP contribution is 2.32. The van der Waals surface area contributed by atoms with Crippen LogP contribution in [0.2, 0.25) is 0 Å². The minimum absolute atomic E-state index is 0.184. The van der Waals surface area contributed by atoms with E-state index < -0.39 is 15.4 Å². The molecule has 1 aliphatic rings. The number of benzene rings is 3. The van der Waals surface area contributed by atoms with Crippen LogP contribution in [0.4, 0.5) is 0 Å². The van der Waals surface area contributed by atoms with Gasteiger partial charge in [0.2, 0.25) is 15.9 Å². The molecule has 172 valence electrons. The van der Waals surface area contributed by atoms with E-state index in [1.807, 2.05) is 60.7 Å². The smallest absolute Gasteiger partial charge is 0.249 e. The summed E-state index contributed by atoms with van der Waals surface area (Å²) in [5.74, 6) is 0.246. The van der Waals surface area contributed by atoms with Crippen LogP contribution in [-0.2, 0) is 14.8 Å². The van der Waals surface area contributed by atoms with E-state index in [9.17, 15) is 13.2 Å². The van der Waals surface area contributed by atoms with E-state index in [1.54, 1.807) is 24.3 Å². The maximum absolute atomic E-state index is 13.4. The van der Waals surface area contributed by atoms with Crippen molar-refractivity contribution in [1.82, 2.24) is 9.62 Å². The SMILES string of the molecule is NCCC(NC(=O)C1SCCN1S(=O)(=O)c1ccc(-c2ccccc2)cc1)c1ccccc1. The highest BCUT2D eigenvalue weighted by Gasteiger charge is 2.40. The van der Waals surface area contributed by atoms with Gasteiger partial charge in [0.05, 0.1) is 10.9 Å². The van der Waals surface area contributed by atoms with Crippen molar-refractivity contribution >= 4 is 27.7 Å². The van der Waals surface area contributed by atoms with Crippen LogP contribution >= 0.6 is 11.8 Å². The average Bonchev–Trinajstić information content (AvgIpc) is 3.36. The Morgan fingerprint density at radius 2 is 1.58 bits per heavy atom. The first kappa shape index (κ1) is 23.5. The molecule has 1 saturated heterocycles. The van der Waals surface area contributed by atoms with E-state index in [0.29, 0.717) is 25.3 Å². The fraction of sp³-hybridized carbons (Fsp3) is 0.240. The Hall–Kier alpha value is -2.65. The second kappa shape index (κ2) is 10.5. The zero-order chi connectivity index (χ0) is 23.3. The molecule has 0 aromatic heterocycles. The molecule has 4 rings (SSSR count). The van der Waals surface area contributed by atoms with Gasteiger partial charge in [0.15, 0.2) is 0 Å². The van der Waals surface area contributed by atoms with E-state index in [0.717, 1.165) is 16.7 Å². The number of amides is 1. The summed E-state index contributed by atoms with van der Waals surface area (Å²) < 4.78 is 28.1. The van der Waals surface area contributed by atoms with Gasteiger partial charge in [-0.3, -0.25) is 4.79 Å². The third kappa shape index (κ3) is 5.30. The summed E-state index contributed by atoms with van der Waals surface area (Å²) in [7, 11) is -3.82. The molecule has 0 saturated carbocycles. The number of hydrogen-bond donors (Lipinski definition) is 2. The van der Waals surface area contributed by atoms with E-state index in [4.69, 9.17) is 5.73 Å². The average molecular weight is 482 g/mol. The Balaban J connectivity index is 1.52. The molecule has 1 aliphatic heterocycles. The van der Waals surface area contributed by atoms with Crippen molar-refractivity contribution in [2.45, 2.75) is 22.7 Å². The molecule has 0 bridgehead atoms. The maximum atomic E-state index is 13.4. The first-order valence-electron chi connectivity index (χ1n) is 10.8. The van der Waals surface area contributed by atoms with E-state index in [-0.39, 0.29) is 16.8 Å². The second-order valence-corrected chi connectivity index (χ2v) is 10.9. The highest BCUT2D eigenvalue weighted by molar-refractivity contribution is 8.02. The molecule has 6 nitrogen and oxygen atoms in total. The fourth-order valence-electron chi connectivity index (χ4n) is 3.91. The molecule has 33 heavy (non-hydrogen) atoms. The molecule has 0 spiro atoms. The summed E-state index contributed by atoms with van der Waals surface area (Å²) >= 11 is 1.34. The summed E-state index contributed by atoms with van der Waals surface area (Å²) in [5, 5.41) is 2.20. The molecule has 0 aliphatic carbocycles. The fourth-order valence-corrected chi connectivity index (χ4v) is 6.99. The summed E-state index contributed by atoms with van der Waals surface area (Å²) in [5.41, 5.74) is 8.66. The Morgan fingerprint density at radius 3 is 2.21 bits per heavy atom. The molecule has 0 radical (unpaired) electrons. The lowest BCUT2D eigenvalue weighted by Gasteiger charge is -2.25. The van der Waals surface area contributed by atoms with Gasteiger partial charge < -0.3 is 11.1 Å². The van der Waals surface area contributed by atoms with Gasteiger partial charge >= 0.3 is 0 Å². The molecule has 1 amide bonds. The molecule has 3 aromatic carbocycles. The quantitative estimate of drug-likeness (QED) is 0.513. The standard InChI is InChI=1S/C25H27N3O3S2/c26-16-15-23(21-9-5-2-6-10-21)27-24(29)25-28(17-18-32-25)33(30,31)22-13-11-20(12-14-22)19-7-3-1-4-8-19/h1-14,23,25H,15-18,26H2,(H,27,29). The van der Waals surface area contributed by atoms with Crippen molar-refractivity contribution in [3.8, 4) is 11.1 Å². The topological polar surface area (TPSA) is 92.5 Å². The zero-order valence-corrected chi connectivity index (χ0v) is 19.8. The lowest BCUT2D eigenvalue weighted by Crippen LogP contribution is -2.45. The lowest BCUT2D eigenvalue weighted by molar-refractivity contribution is -0.122. The molecular weight excluding hydrogens is 454 g/mol. The summed E-state index contributed by atoms with van der Waals surface area (Å²) in [6.45, 7) is 0.700. The van der Waals surface area contributed by atoms with Crippen molar-refractivity contribution in [2.24, 2.45) is 5.73 Å². The molecule has 3 aromatic rings. The number of hydrogen-bond acceptors (Lipinski definition) is 5. The number of carbonyl (C=O) groups is 1. The first-order valence-corrected chi connectivity index (χ1v) is 13.3. The van der Waals surface area contributed by atoms with Gasteiger partial charge in [0.1, 0.15) is 5.37 Å². The van der Waals surface area contributed by atoms with Crippen LogP contribution in [0.25, 0.3) is 11.1 Å². The van der Waals surface area contributed by atoms with Gasteiger partial charge in [-0.15, -0.1) is 11.8 Å². The molecule has 1 heterocycles. The minimum atomic E-state index is -3.82. The molecular formula is C25H27N3O3S2. The minimum Gasteiger partial charge on any atom is -0.347 e.